The Morgan fingerprint density at radius 1 is 1.33 bits per heavy atom. The molecule has 0 unspecified atom stereocenters. The van der Waals surface area contributed by atoms with Crippen LogP contribution in [0.3, 0.4) is 0 Å². The largest absolute Gasteiger partial charge is 0.478 e. The van der Waals surface area contributed by atoms with Gasteiger partial charge in [-0.15, -0.1) is 11.3 Å². The first kappa shape index (κ1) is 13.3. The summed E-state index contributed by atoms with van der Waals surface area (Å²) in [5.41, 5.74) is 8.36. The normalized spacial score (nSPS) is 10.7. The smallest absolute Gasteiger partial charge is 0.340 e. The quantitative estimate of drug-likeness (QED) is 0.645. The Bertz CT molecular complexity index is 847. The van der Waals surface area contributed by atoms with E-state index in [1.54, 1.807) is 11.6 Å². The van der Waals surface area contributed by atoms with Crippen LogP contribution in [0.2, 0.25) is 0 Å². The minimum absolute atomic E-state index is 0.241. The first-order valence-corrected chi connectivity index (χ1v) is 6.86. The Labute approximate surface area is 122 Å². The minimum Gasteiger partial charge on any atom is -0.478 e. The maximum atomic E-state index is 13.4. The number of hydrogen-bond acceptors (Lipinski definition) is 5. The standard InChI is InChI=1S/C14H10FN3O2S/c15-8-2-4-10(12(13(8)16)14(19)20)18-7-1-3-9-11(5-7)21-6-17-9/h1-6,18H,16H2,(H,19,20). The summed E-state index contributed by atoms with van der Waals surface area (Å²) in [6.07, 6.45) is 0. The number of aromatic nitrogens is 1. The number of aromatic carboxylic acids is 1. The van der Waals surface area contributed by atoms with Gasteiger partial charge in [-0.25, -0.2) is 14.2 Å². The number of carbonyl (C=O) groups is 1. The summed E-state index contributed by atoms with van der Waals surface area (Å²) in [5.74, 6) is -2.04. The highest BCUT2D eigenvalue weighted by atomic mass is 32.1. The van der Waals surface area contributed by atoms with Crippen molar-refractivity contribution in [2.45, 2.75) is 0 Å². The third-order valence-electron chi connectivity index (χ3n) is 3.02. The molecule has 0 bridgehead atoms. The molecule has 0 aliphatic carbocycles. The van der Waals surface area contributed by atoms with Crippen LogP contribution in [0.5, 0.6) is 0 Å². The Morgan fingerprint density at radius 3 is 2.90 bits per heavy atom. The molecule has 3 aromatic rings. The van der Waals surface area contributed by atoms with Crippen LogP contribution in [0.25, 0.3) is 10.2 Å². The average Bonchev–Trinajstić information content (AvgIpc) is 2.90. The van der Waals surface area contributed by atoms with Crippen molar-refractivity contribution >= 4 is 44.6 Å². The molecule has 4 N–H and O–H groups in total. The van der Waals surface area contributed by atoms with Crippen LogP contribution in [0, 0.1) is 5.82 Å². The molecule has 106 valence electrons. The number of hydrogen-bond donors (Lipinski definition) is 3. The number of nitrogen functional groups attached to an aromatic ring is 1. The highest BCUT2D eigenvalue weighted by Gasteiger charge is 2.17. The third kappa shape index (κ3) is 2.38. The van der Waals surface area contributed by atoms with E-state index in [9.17, 15) is 14.3 Å². The number of rotatable bonds is 3. The number of halogens is 1. The van der Waals surface area contributed by atoms with E-state index in [-0.39, 0.29) is 16.9 Å². The van der Waals surface area contributed by atoms with Crippen molar-refractivity contribution in [3.63, 3.8) is 0 Å². The molecule has 2 aromatic carbocycles. The van der Waals surface area contributed by atoms with Crippen LogP contribution >= 0.6 is 11.3 Å². The molecule has 0 aliphatic rings. The molecule has 3 rings (SSSR count). The second-order valence-electron chi connectivity index (χ2n) is 4.35. The second-order valence-corrected chi connectivity index (χ2v) is 5.23. The van der Waals surface area contributed by atoms with Crippen molar-refractivity contribution < 1.29 is 14.3 Å². The number of anilines is 3. The number of carboxylic acids is 1. The molecule has 0 amide bonds. The minimum atomic E-state index is -1.28. The van der Waals surface area contributed by atoms with Crippen molar-refractivity contribution in [3.8, 4) is 0 Å². The van der Waals surface area contributed by atoms with Crippen LogP contribution < -0.4 is 11.1 Å². The zero-order valence-corrected chi connectivity index (χ0v) is 11.4. The van der Waals surface area contributed by atoms with Crippen LogP contribution in [0.4, 0.5) is 21.5 Å². The highest BCUT2D eigenvalue weighted by molar-refractivity contribution is 7.16. The number of thiazole rings is 1. The molecule has 0 spiro atoms. The van der Waals surface area contributed by atoms with Gasteiger partial charge in [0.1, 0.15) is 11.4 Å². The molecular weight excluding hydrogens is 293 g/mol. The van der Waals surface area contributed by atoms with Gasteiger partial charge in [-0.1, -0.05) is 0 Å². The van der Waals surface area contributed by atoms with E-state index in [1.807, 2.05) is 12.1 Å². The predicted octanol–water partition coefficient (Wildman–Crippen LogP) is 3.46. The Morgan fingerprint density at radius 2 is 2.14 bits per heavy atom. The molecule has 0 atom stereocenters. The lowest BCUT2D eigenvalue weighted by Crippen LogP contribution is -2.08. The molecule has 0 aliphatic heterocycles. The van der Waals surface area contributed by atoms with Gasteiger partial charge in [0.25, 0.3) is 0 Å². The SMILES string of the molecule is Nc1c(F)ccc(Nc2ccc3ncsc3c2)c1C(=O)O. The summed E-state index contributed by atoms with van der Waals surface area (Å²) in [4.78, 5) is 15.4. The molecule has 7 heteroatoms. The predicted molar refractivity (Wildman–Crippen MR) is 80.7 cm³/mol. The van der Waals surface area contributed by atoms with Gasteiger partial charge in [-0.05, 0) is 30.3 Å². The van der Waals surface area contributed by atoms with Gasteiger partial charge in [0.05, 0.1) is 27.1 Å². The highest BCUT2D eigenvalue weighted by Crippen LogP contribution is 2.29. The lowest BCUT2D eigenvalue weighted by Gasteiger charge is -2.12. The lowest BCUT2D eigenvalue weighted by molar-refractivity contribution is 0.0698. The fourth-order valence-corrected chi connectivity index (χ4v) is 2.73. The fourth-order valence-electron chi connectivity index (χ4n) is 2.02. The molecule has 21 heavy (non-hydrogen) atoms. The Kier molecular flexibility index (Phi) is 3.19. The van der Waals surface area contributed by atoms with E-state index in [1.165, 1.54) is 17.4 Å². The van der Waals surface area contributed by atoms with E-state index in [4.69, 9.17) is 5.73 Å². The molecule has 0 saturated heterocycles. The molecular formula is C14H10FN3O2S. The van der Waals surface area contributed by atoms with E-state index < -0.39 is 11.8 Å². The summed E-state index contributed by atoms with van der Waals surface area (Å²) >= 11 is 1.48. The van der Waals surface area contributed by atoms with Gasteiger partial charge >= 0.3 is 5.97 Å². The summed E-state index contributed by atoms with van der Waals surface area (Å²) < 4.78 is 14.4. The van der Waals surface area contributed by atoms with E-state index >= 15 is 0 Å². The Hall–Kier alpha value is -2.67. The van der Waals surface area contributed by atoms with Crippen LogP contribution in [0.15, 0.2) is 35.8 Å². The van der Waals surface area contributed by atoms with Crippen LogP contribution in [-0.4, -0.2) is 16.1 Å². The molecule has 1 aromatic heterocycles. The van der Waals surface area contributed by atoms with E-state index in [0.717, 1.165) is 16.3 Å². The Balaban J connectivity index is 2.04. The van der Waals surface area contributed by atoms with Gasteiger partial charge in [-0.2, -0.15) is 0 Å². The van der Waals surface area contributed by atoms with E-state index in [0.29, 0.717) is 5.69 Å². The maximum absolute atomic E-state index is 13.4. The number of nitrogens with zero attached hydrogens (tertiary/aromatic N) is 1. The molecule has 5 nitrogen and oxygen atoms in total. The number of fused-ring (bicyclic) bond motifs is 1. The van der Waals surface area contributed by atoms with E-state index in [2.05, 4.69) is 10.3 Å². The third-order valence-corrected chi connectivity index (χ3v) is 3.81. The zero-order valence-electron chi connectivity index (χ0n) is 10.6. The van der Waals surface area contributed by atoms with Gasteiger partial charge in [0, 0.05) is 5.69 Å². The molecule has 0 saturated carbocycles. The van der Waals surface area contributed by atoms with Gasteiger partial charge < -0.3 is 16.2 Å². The summed E-state index contributed by atoms with van der Waals surface area (Å²) in [6.45, 7) is 0. The number of nitrogens with two attached hydrogens (primary N) is 1. The number of nitrogens with one attached hydrogen (secondary N) is 1. The van der Waals surface area contributed by atoms with Crippen molar-refractivity contribution in [1.82, 2.24) is 4.98 Å². The van der Waals surface area contributed by atoms with Crippen LogP contribution in [0.1, 0.15) is 10.4 Å². The van der Waals surface area contributed by atoms with Crippen molar-refractivity contribution in [2.75, 3.05) is 11.1 Å². The first-order chi connectivity index (χ1) is 10.1. The van der Waals surface area contributed by atoms with Gasteiger partial charge in [-0.3, -0.25) is 0 Å². The topological polar surface area (TPSA) is 88.2 Å². The van der Waals surface area contributed by atoms with Gasteiger partial charge in [0.2, 0.25) is 0 Å². The van der Waals surface area contributed by atoms with Crippen molar-refractivity contribution in [1.29, 1.82) is 0 Å². The summed E-state index contributed by atoms with van der Waals surface area (Å²) in [5, 5.41) is 12.1. The van der Waals surface area contributed by atoms with Crippen molar-refractivity contribution in [2.24, 2.45) is 0 Å². The lowest BCUT2D eigenvalue weighted by atomic mass is 10.1. The van der Waals surface area contributed by atoms with Crippen LogP contribution in [-0.2, 0) is 0 Å². The summed E-state index contributed by atoms with van der Waals surface area (Å²) in [6, 6.07) is 7.92. The fraction of sp³-hybridized carbons (Fsp3) is 0. The molecule has 1 heterocycles. The maximum Gasteiger partial charge on any atom is 0.340 e. The first-order valence-electron chi connectivity index (χ1n) is 5.98. The second kappa shape index (κ2) is 5.02. The monoisotopic (exact) mass is 303 g/mol. The average molecular weight is 303 g/mol. The zero-order chi connectivity index (χ0) is 15.0. The summed E-state index contributed by atoms with van der Waals surface area (Å²) in [7, 11) is 0. The molecule has 0 fully saturated rings. The number of carboxylic acid groups (broad SMARTS) is 1. The van der Waals surface area contributed by atoms with Gasteiger partial charge in [0.15, 0.2) is 0 Å². The van der Waals surface area contributed by atoms with Crippen molar-refractivity contribution in [3.05, 3.63) is 47.2 Å². The molecule has 0 radical (unpaired) electrons. The number of benzene rings is 2.